The van der Waals surface area contributed by atoms with Crippen LogP contribution < -0.4 is 14.8 Å². The highest BCUT2D eigenvalue weighted by Gasteiger charge is 2.28. The Morgan fingerprint density at radius 2 is 1.90 bits per heavy atom. The predicted octanol–water partition coefficient (Wildman–Crippen LogP) is 3.53. The number of ether oxygens (including phenoxy) is 2. The molecule has 162 valence electrons. The van der Waals surface area contributed by atoms with Gasteiger partial charge < -0.3 is 19.7 Å². The van der Waals surface area contributed by atoms with E-state index < -0.39 is 0 Å². The van der Waals surface area contributed by atoms with Crippen LogP contribution in [0.4, 0.5) is 5.82 Å². The van der Waals surface area contributed by atoms with E-state index in [-0.39, 0.29) is 24.6 Å². The van der Waals surface area contributed by atoms with Gasteiger partial charge in [-0.15, -0.1) is 0 Å². The summed E-state index contributed by atoms with van der Waals surface area (Å²) in [6, 6.07) is 7.08. The van der Waals surface area contributed by atoms with Gasteiger partial charge in [-0.2, -0.15) is 5.10 Å². The van der Waals surface area contributed by atoms with Crippen LogP contribution in [0.3, 0.4) is 0 Å². The first-order valence-corrected chi connectivity index (χ1v) is 10.9. The molecule has 2 aliphatic heterocycles. The maximum absolute atomic E-state index is 12.8. The van der Waals surface area contributed by atoms with Crippen molar-refractivity contribution in [2.45, 2.75) is 44.6 Å². The molecule has 0 bridgehead atoms. The monoisotopic (exact) mass is 422 g/mol. The van der Waals surface area contributed by atoms with E-state index >= 15 is 0 Å². The summed E-state index contributed by atoms with van der Waals surface area (Å²) in [6.07, 6.45) is 9.62. The van der Waals surface area contributed by atoms with Gasteiger partial charge >= 0.3 is 0 Å². The summed E-state index contributed by atoms with van der Waals surface area (Å²) in [5, 5.41) is 7.40. The van der Waals surface area contributed by atoms with Crippen LogP contribution in [0.5, 0.6) is 11.5 Å². The number of carbonyl (C=O) groups excluding carboxylic acids is 2. The Morgan fingerprint density at radius 3 is 2.71 bits per heavy atom. The minimum Gasteiger partial charge on any atom is -0.454 e. The van der Waals surface area contributed by atoms with E-state index in [1.165, 1.54) is 6.42 Å². The van der Waals surface area contributed by atoms with Crippen molar-refractivity contribution >= 4 is 17.6 Å². The number of fused-ring (bicyclic) bond motifs is 1. The molecule has 0 saturated carbocycles. The smallest absolute Gasteiger partial charge is 0.256 e. The highest BCUT2D eigenvalue weighted by molar-refractivity contribution is 6.04. The zero-order valence-corrected chi connectivity index (χ0v) is 17.4. The molecule has 1 aromatic heterocycles. The molecule has 2 aromatic rings. The van der Waals surface area contributed by atoms with Crippen molar-refractivity contribution in [3.63, 3.8) is 0 Å². The van der Waals surface area contributed by atoms with Crippen LogP contribution in [0, 0.1) is 0 Å². The van der Waals surface area contributed by atoms with Gasteiger partial charge in [0, 0.05) is 30.3 Å². The number of nitrogens with one attached hydrogen (secondary N) is 1. The molecule has 1 N–H and O–H groups in total. The average Bonchev–Trinajstić information content (AvgIpc) is 3.48. The van der Waals surface area contributed by atoms with Crippen LogP contribution in [0.25, 0.3) is 0 Å². The summed E-state index contributed by atoms with van der Waals surface area (Å²) in [6.45, 7) is 1.58. The van der Waals surface area contributed by atoms with Crippen molar-refractivity contribution in [1.82, 2.24) is 14.7 Å². The number of anilines is 1. The lowest BCUT2D eigenvalue weighted by atomic mass is 9.97. The van der Waals surface area contributed by atoms with E-state index in [1.807, 2.05) is 9.58 Å². The topological polar surface area (TPSA) is 85.7 Å². The molecule has 0 radical (unpaired) electrons. The van der Waals surface area contributed by atoms with Crippen LogP contribution >= 0.6 is 0 Å². The van der Waals surface area contributed by atoms with Crippen molar-refractivity contribution in [1.29, 1.82) is 0 Å². The van der Waals surface area contributed by atoms with E-state index in [2.05, 4.69) is 16.5 Å². The van der Waals surface area contributed by atoms with Crippen LogP contribution in [-0.4, -0.2) is 46.4 Å². The number of piperidine rings is 1. The number of hydrogen-bond acceptors (Lipinski definition) is 5. The largest absolute Gasteiger partial charge is 0.454 e. The third-order valence-electron chi connectivity index (χ3n) is 6.21. The molecule has 3 aliphatic rings. The fourth-order valence-corrected chi connectivity index (χ4v) is 4.48. The number of amides is 2. The first-order valence-electron chi connectivity index (χ1n) is 10.9. The Hall–Kier alpha value is -3.29. The fraction of sp³-hybridized carbons (Fsp3) is 0.435. The molecule has 0 atom stereocenters. The molecule has 31 heavy (non-hydrogen) atoms. The second-order valence-corrected chi connectivity index (χ2v) is 8.18. The van der Waals surface area contributed by atoms with Crippen molar-refractivity contribution in [3.8, 4) is 11.5 Å². The number of rotatable bonds is 4. The number of carbonyl (C=O) groups is 2. The van der Waals surface area contributed by atoms with Gasteiger partial charge in [-0.1, -0.05) is 6.08 Å². The molecule has 1 saturated heterocycles. The highest BCUT2D eigenvalue weighted by atomic mass is 16.7. The molecule has 1 aromatic carbocycles. The predicted molar refractivity (Wildman–Crippen MR) is 114 cm³/mol. The molecule has 5 rings (SSSR count). The van der Waals surface area contributed by atoms with Gasteiger partial charge in [-0.25, -0.2) is 4.68 Å². The van der Waals surface area contributed by atoms with Crippen molar-refractivity contribution in [2.24, 2.45) is 0 Å². The van der Waals surface area contributed by atoms with Gasteiger partial charge in [0.25, 0.3) is 5.91 Å². The molecule has 1 aliphatic carbocycles. The number of nitrogens with zero attached hydrogens (tertiary/aromatic N) is 3. The fourth-order valence-electron chi connectivity index (χ4n) is 4.48. The Balaban J connectivity index is 1.22. The first-order chi connectivity index (χ1) is 15.2. The first kappa shape index (κ1) is 19.7. The summed E-state index contributed by atoms with van der Waals surface area (Å²) in [7, 11) is 0. The Morgan fingerprint density at radius 1 is 1.06 bits per heavy atom. The number of aromatic nitrogens is 2. The number of allylic oxidation sites excluding steroid dienone is 1. The molecule has 1 fully saturated rings. The van der Waals surface area contributed by atoms with Gasteiger partial charge in [0.1, 0.15) is 5.82 Å². The second-order valence-electron chi connectivity index (χ2n) is 8.18. The molecule has 2 amide bonds. The van der Waals surface area contributed by atoms with Crippen LogP contribution in [0.1, 0.15) is 54.9 Å². The van der Waals surface area contributed by atoms with Gasteiger partial charge in [0.2, 0.25) is 12.7 Å². The second kappa shape index (κ2) is 8.45. The average molecular weight is 422 g/mol. The third kappa shape index (κ3) is 4.02. The van der Waals surface area contributed by atoms with Gasteiger partial charge in [-0.05, 0) is 56.7 Å². The number of benzene rings is 1. The molecule has 0 spiro atoms. The third-order valence-corrected chi connectivity index (χ3v) is 6.21. The summed E-state index contributed by atoms with van der Waals surface area (Å²) in [5.41, 5.74) is 1.47. The lowest BCUT2D eigenvalue weighted by Crippen LogP contribution is -2.40. The molecule has 0 unspecified atom stereocenters. The highest BCUT2D eigenvalue weighted by Crippen LogP contribution is 2.33. The van der Waals surface area contributed by atoms with E-state index in [0.717, 1.165) is 37.7 Å². The maximum Gasteiger partial charge on any atom is 0.256 e. The van der Waals surface area contributed by atoms with Crippen molar-refractivity contribution in [3.05, 3.63) is 47.7 Å². The normalized spacial score (nSPS) is 18.6. The van der Waals surface area contributed by atoms with Gasteiger partial charge in [0.05, 0.1) is 12.2 Å². The zero-order valence-electron chi connectivity index (χ0n) is 17.4. The molecule has 8 nitrogen and oxygen atoms in total. The summed E-state index contributed by atoms with van der Waals surface area (Å²) in [4.78, 5) is 27.5. The standard InChI is InChI=1S/C23H26N4O4/c28-22(17-6-7-19-20(14-17)31-15-30-19)25-21-8-11-24-27(21)18-9-12-26(13-10-18)23(29)16-4-2-1-3-5-16/h4,6-8,11,14,18H,1-3,5,9-10,12-13,15H2,(H,25,28). The lowest BCUT2D eigenvalue weighted by Gasteiger charge is -2.33. The maximum atomic E-state index is 12.8. The SMILES string of the molecule is O=C(Nc1ccnn1C1CCN(C(=O)C2=CCCCC2)CC1)c1ccc2c(c1)OCO2. The van der Waals surface area contributed by atoms with Crippen LogP contribution in [-0.2, 0) is 4.79 Å². The van der Waals surface area contributed by atoms with E-state index in [4.69, 9.17) is 9.47 Å². The van der Waals surface area contributed by atoms with E-state index in [0.29, 0.717) is 36.0 Å². The van der Waals surface area contributed by atoms with Gasteiger partial charge in [0.15, 0.2) is 11.5 Å². The quantitative estimate of drug-likeness (QED) is 0.815. The Kier molecular flexibility index (Phi) is 5.36. The minimum atomic E-state index is -0.225. The molecular weight excluding hydrogens is 396 g/mol. The summed E-state index contributed by atoms with van der Waals surface area (Å²) in [5.74, 6) is 1.84. The van der Waals surface area contributed by atoms with E-state index in [9.17, 15) is 9.59 Å². The summed E-state index contributed by atoms with van der Waals surface area (Å²) < 4.78 is 12.5. The summed E-state index contributed by atoms with van der Waals surface area (Å²) >= 11 is 0. The van der Waals surface area contributed by atoms with Crippen LogP contribution in [0.2, 0.25) is 0 Å². The Labute approximate surface area is 180 Å². The van der Waals surface area contributed by atoms with Crippen LogP contribution in [0.15, 0.2) is 42.1 Å². The molecular formula is C23H26N4O4. The van der Waals surface area contributed by atoms with Crippen molar-refractivity contribution in [2.75, 3.05) is 25.2 Å². The minimum absolute atomic E-state index is 0.145. The number of likely N-dealkylation sites (tertiary alicyclic amines) is 1. The lowest BCUT2D eigenvalue weighted by molar-refractivity contribution is -0.128. The van der Waals surface area contributed by atoms with Gasteiger partial charge in [-0.3, -0.25) is 9.59 Å². The molecule has 3 heterocycles. The van der Waals surface area contributed by atoms with Crippen molar-refractivity contribution < 1.29 is 19.1 Å². The van der Waals surface area contributed by atoms with E-state index in [1.54, 1.807) is 30.5 Å². The zero-order chi connectivity index (χ0) is 21.2. The molecule has 8 heteroatoms. The Bertz CT molecular complexity index is 1020. The number of hydrogen-bond donors (Lipinski definition) is 1.